The van der Waals surface area contributed by atoms with Gasteiger partial charge in [0.15, 0.2) is 0 Å². The van der Waals surface area contributed by atoms with Crippen LogP contribution in [0.2, 0.25) is 0 Å². The molecular weight excluding hydrogens is 226 g/mol. The SMILES string of the molecule is COCc1cc(N)sc1C(=O)OC.Cl. The number of methoxy groups -OCH3 is 2. The van der Waals surface area contributed by atoms with Crippen molar-refractivity contribution in [3.63, 3.8) is 0 Å². The largest absolute Gasteiger partial charge is 0.465 e. The van der Waals surface area contributed by atoms with Crippen molar-refractivity contribution < 1.29 is 14.3 Å². The summed E-state index contributed by atoms with van der Waals surface area (Å²) in [5, 5.41) is 0.590. The van der Waals surface area contributed by atoms with E-state index < -0.39 is 0 Å². The summed E-state index contributed by atoms with van der Waals surface area (Å²) in [6, 6.07) is 1.72. The summed E-state index contributed by atoms with van der Waals surface area (Å²) in [6.07, 6.45) is 0. The van der Waals surface area contributed by atoms with Crippen molar-refractivity contribution in [2.24, 2.45) is 0 Å². The Kier molecular flexibility index (Phi) is 5.52. The standard InChI is InChI=1S/C8H11NO3S.ClH/c1-11-4-5-3-6(9)13-7(5)8(10)12-2;/h3H,4,9H2,1-2H3;1H. The fourth-order valence-corrected chi connectivity index (χ4v) is 1.83. The lowest BCUT2D eigenvalue weighted by molar-refractivity contribution is 0.0602. The molecule has 0 radical (unpaired) electrons. The summed E-state index contributed by atoms with van der Waals surface area (Å²) >= 11 is 1.21. The van der Waals surface area contributed by atoms with Crippen LogP contribution in [0.1, 0.15) is 15.2 Å². The van der Waals surface area contributed by atoms with Gasteiger partial charge in [0.05, 0.1) is 18.7 Å². The predicted molar refractivity (Wildman–Crippen MR) is 58.0 cm³/mol. The molecule has 0 bridgehead atoms. The normalized spacial score (nSPS) is 9.29. The van der Waals surface area contributed by atoms with E-state index >= 15 is 0 Å². The van der Waals surface area contributed by atoms with Crippen molar-refractivity contribution in [1.82, 2.24) is 0 Å². The molecule has 0 fully saturated rings. The number of ether oxygens (including phenoxy) is 2. The number of thiophene rings is 1. The Balaban J connectivity index is 0.00000169. The van der Waals surface area contributed by atoms with E-state index in [9.17, 15) is 4.79 Å². The summed E-state index contributed by atoms with van der Waals surface area (Å²) in [7, 11) is 2.91. The van der Waals surface area contributed by atoms with Crippen LogP contribution in [-0.4, -0.2) is 20.2 Å². The van der Waals surface area contributed by atoms with Crippen LogP contribution in [0, 0.1) is 0 Å². The number of hydrogen-bond acceptors (Lipinski definition) is 5. The van der Waals surface area contributed by atoms with E-state index in [0.29, 0.717) is 16.5 Å². The van der Waals surface area contributed by atoms with Crippen molar-refractivity contribution in [2.75, 3.05) is 20.0 Å². The molecule has 6 heteroatoms. The molecule has 0 unspecified atom stereocenters. The second-order valence-corrected chi connectivity index (χ2v) is 3.51. The Morgan fingerprint density at radius 1 is 1.57 bits per heavy atom. The summed E-state index contributed by atoms with van der Waals surface area (Å²) in [6.45, 7) is 0.373. The third-order valence-corrected chi connectivity index (χ3v) is 2.49. The molecule has 0 aliphatic carbocycles. The number of hydrogen-bond donors (Lipinski definition) is 1. The minimum absolute atomic E-state index is 0. The molecule has 14 heavy (non-hydrogen) atoms. The molecule has 1 heterocycles. The van der Waals surface area contributed by atoms with Crippen molar-refractivity contribution in [3.05, 3.63) is 16.5 Å². The van der Waals surface area contributed by atoms with Gasteiger partial charge in [0.1, 0.15) is 4.88 Å². The lowest BCUT2D eigenvalue weighted by Crippen LogP contribution is -2.02. The second-order valence-electron chi connectivity index (χ2n) is 2.43. The highest BCUT2D eigenvalue weighted by Crippen LogP contribution is 2.25. The quantitative estimate of drug-likeness (QED) is 0.813. The molecule has 1 aromatic heterocycles. The van der Waals surface area contributed by atoms with Gasteiger partial charge in [-0.05, 0) is 6.07 Å². The number of esters is 1. The minimum atomic E-state index is -0.367. The zero-order chi connectivity index (χ0) is 9.84. The van der Waals surface area contributed by atoms with E-state index in [0.717, 1.165) is 5.56 Å². The molecule has 0 atom stereocenters. The van der Waals surface area contributed by atoms with E-state index in [1.807, 2.05) is 0 Å². The van der Waals surface area contributed by atoms with E-state index in [1.54, 1.807) is 13.2 Å². The first-order valence-corrected chi connectivity index (χ1v) is 4.46. The van der Waals surface area contributed by atoms with Gasteiger partial charge < -0.3 is 15.2 Å². The van der Waals surface area contributed by atoms with Gasteiger partial charge in [0.2, 0.25) is 0 Å². The number of halogens is 1. The molecular formula is C8H12ClNO3S. The Bertz CT molecular complexity index is 314. The number of carbonyl (C=O) groups excluding carboxylic acids is 1. The van der Waals surface area contributed by atoms with Crippen molar-refractivity contribution >= 4 is 34.7 Å². The smallest absolute Gasteiger partial charge is 0.348 e. The Morgan fingerprint density at radius 3 is 2.71 bits per heavy atom. The lowest BCUT2D eigenvalue weighted by Gasteiger charge is -1.99. The van der Waals surface area contributed by atoms with E-state index in [1.165, 1.54) is 18.4 Å². The number of carbonyl (C=O) groups is 1. The van der Waals surface area contributed by atoms with E-state index in [-0.39, 0.29) is 18.4 Å². The van der Waals surface area contributed by atoms with Crippen LogP contribution in [0.25, 0.3) is 0 Å². The number of anilines is 1. The lowest BCUT2D eigenvalue weighted by atomic mass is 10.2. The Morgan fingerprint density at radius 2 is 2.21 bits per heavy atom. The summed E-state index contributed by atoms with van der Waals surface area (Å²) in [5.41, 5.74) is 6.33. The molecule has 4 nitrogen and oxygen atoms in total. The molecule has 0 aliphatic rings. The van der Waals surface area contributed by atoms with Gasteiger partial charge >= 0.3 is 5.97 Å². The van der Waals surface area contributed by atoms with Crippen LogP contribution in [-0.2, 0) is 16.1 Å². The van der Waals surface area contributed by atoms with E-state index in [4.69, 9.17) is 10.5 Å². The first-order valence-electron chi connectivity index (χ1n) is 3.64. The highest BCUT2D eigenvalue weighted by atomic mass is 35.5. The summed E-state index contributed by atoms with van der Waals surface area (Å²) in [4.78, 5) is 11.7. The Hall–Kier alpha value is -0.780. The highest BCUT2D eigenvalue weighted by Gasteiger charge is 2.15. The third-order valence-electron chi connectivity index (χ3n) is 1.50. The van der Waals surface area contributed by atoms with Crippen molar-refractivity contribution in [1.29, 1.82) is 0 Å². The molecule has 0 saturated heterocycles. The van der Waals surface area contributed by atoms with Gasteiger partial charge in [0.25, 0.3) is 0 Å². The maximum Gasteiger partial charge on any atom is 0.348 e. The molecule has 1 rings (SSSR count). The van der Waals surface area contributed by atoms with Crippen LogP contribution in [0.4, 0.5) is 5.00 Å². The molecule has 0 aromatic carbocycles. The molecule has 1 aromatic rings. The average Bonchev–Trinajstić information content (AvgIpc) is 2.46. The molecule has 0 spiro atoms. The maximum absolute atomic E-state index is 11.2. The molecule has 2 N–H and O–H groups in total. The predicted octanol–water partition coefficient (Wildman–Crippen LogP) is 1.69. The maximum atomic E-state index is 11.2. The van der Waals surface area contributed by atoms with Crippen LogP contribution < -0.4 is 5.73 Å². The van der Waals surface area contributed by atoms with Gasteiger partial charge in [0, 0.05) is 12.7 Å². The van der Waals surface area contributed by atoms with Gasteiger partial charge in [-0.1, -0.05) is 0 Å². The topological polar surface area (TPSA) is 61.5 Å². The Labute approximate surface area is 92.4 Å². The minimum Gasteiger partial charge on any atom is -0.465 e. The summed E-state index contributed by atoms with van der Waals surface area (Å²) < 4.78 is 9.52. The van der Waals surface area contributed by atoms with Gasteiger partial charge in [-0.2, -0.15) is 0 Å². The van der Waals surface area contributed by atoms with Gasteiger partial charge in [-0.3, -0.25) is 0 Å². The number of nitrogen functional groups attached to an aromatic ring is 1. The molecule has 80 valence electrons. The first kappa shape index (κ1) is 13.2. The van der Waals surface area contributed by atoms with Crippen LogP contribution >= 0.6 is 23.7 Å². The third kappa shape index (κ3) is 2.87. The fraction of sp³-hybridized carbons (Fsp3) is 0.375. The number of nitrogens with two attached hydrogens (primary N) is 1. The fourth-order valence-electron chi connectivity index (χ4n) is 0.978. The van der Waals surface area contributed by atoms with Crippen molar-refractivity contribution in [2.45, 2.75) is 6.61 Å². The average molecular weight is 238 g/mol. The van der Waals surface area contributed by atoms with Crippen LogP contribution in [0.5, 0.6) is 0 Å². The van der Waals surface area contributed by atoms with Gasteiger partial charge in [-0.25, -0.2) is 4.79 Å². The van der Waals surface area contributed by atoms with E-state index in [2.05, 4.69) is 4.74 Å². The summed E-state index contributed by atoms with van der Waals surface area (Å²) in [5.74, 6) is -0.367. The second kappa shape index (κ2) is 5.85. The van der Waals surface area contributed by atoms with Gasteiger partial charge in [-0.15, -0.1) is 23.7 Å². The monoisotopic (exact) mass is 237 g/mol. The first-order chi connectivity index (χ1) is 6.19. The zero-order valence-electron chi connectivity index (χ0n) is 7.90. The molecule has 0 saturated carbocycles. The van der Waals surface area contributed by atoms with Crippen molar-refractivity contribution in [3.8, 4) is 0 Å². The van der Waals surface area contributed by atoms with Crippen LogP contribution in [0.3, 0.4) is 0 Å². The molecule has 0 amide bonds. The highest BCUT2D eigenvalue weighted by molar-refractivity contribution is 7.17. The number of rotatable bonds is 3. The molecule has 0 aliphatic heterocycles. The zero-order valence-corrected chi connectivity index (χ0v) is 9.54. The van der Waals surface area contributed by atoms with Crippen LogP contribution in [0.15, 0.2) is 6.07 Å².